The molecule has 0 spiro atoms. The minimum Gasteiger partial charge on any atom is -0.481 e. The zero-order valence-corrected chi connectivity index (χ0v) is 9.96. The third kappa shape index (κ3) is 3.20. The van der Waals surface area contributed by atoms with E-state index in [1.807, 2.05) is 6.92 Å². The third-order valence-corrected chi connectivity index (χ3v) is 3.16. The van der Waals surface area contributed by atoms with Gasteiger partial charge in [-0.15, -0.1) is 0 Å². The molecule has 0 aliphatic carbocycles. The Hall–Kier alpha value is -1.09. The average molecular weight is 245 g/mol. The van der Waals surface area contributed by atoms with Crippen molar-refractivity contribution < 1.29 is 14.3 Å². The Kier molecular flexibility index (Phi) is 4.30. The Labute approximate surface area is 99.0 Å². The Morgan fingerprint density at radius 1 is 1.50 bits per heavy atom. The summed E-state index contributed by atoms with van der Waals surface area (Å²) in [7, 11) is 0. The summed E-state index contributed by atoms with van der Waals surface area (Å²) in [6.45, 7) is 3.46. The molecule has 0 heterocycles. The molecular formula is C12H14ClFO2. The highest BCUT2D eigenvalue weighted by Gasteiger charge is 2.20. The van der Waals surface area contributed by atoms with Crippen LogP contribution >= 0.6 is 11.6 Å². The Balaban J connectivity index is 2.80. The fourth-order valence-electron chi connectivity index (χ4n) is 1.47. The van der Waals surface area contributed by atoms with E-state index in [-0.39, 0.29) is 11.7 Å². The first kappa shape index (κ1) is 13.0. The number of hydrogen-bond donors (Lipinski definition) is 1. The first-order valence-corrected chi connectivity index (χ1v) is 5.46. The minimum absolute atomic E-state index is 0.0863. The molecule has 2 unspecified atom stereocenters. The van der Waals surface area contributed by atoms with Gasteiger partial charge < -0.3 is 5.11 Å². The molecule has 1 aromatic rings. The van der Waals surface area contributed by atoms with E-state index in [2.05, 4.69) is 0 Å². The standard InChI is InChI=1S/C12H14ClFO2/c1-7(8(2)12(15)16)5-9-6-10(14)3-4-11(9)13/h3-4,6-8H,5H2,1-2H3,(H,15,16). The molecule has 0 amide bonds. The fraction of sp³-hybridized carbons (Fsp3) is 0.417. The monoisotopic (exact) mass is 244 g/mol. The van der Waals surface area contributed by atoms with Gasteiger partial charge in [-0.2, -0.15) is 0 Å². The SMILES string of the molecule is CC(Cc1cc(F)ccc1Cl)C(C)C(=O)O. The van der Waals surface area contributed by atoms with Crippen molar-refractivity contribution in [2.45, 2.75) is 20.3 Å². The molecular weight excluding hydrogens is 231 g/mol. The molecule has 2 atom stereocenters. The number of aliphatic carboxylic acids is 1. The van der Waals surface area contributed by atoms with Gasteiger partial charge in [0.1, 0.15) is 5.82 Å². The van der Waals surface area contributed by atoms with Crippen LogP contribution in [0.1, 0.15) is 19.4 Å². The summed E-state index contributed by atoms with van der Waals surface area (Å²) in [4.78, 5) is 10.8. The maximum absolute atomic E-state index is 13.0. The van der Waals surface area contributed by atoms with Crippen LogP contribution in [0.2, 0.25) is 5.02 Å². The lowest BCUT2D eigenvalue weighted by atomic mass is 9.90. The molecule has 4 heteroatoms. The molecule has 16 heavy (non-hydrogen) atoms. The molecule has 0 bridgehead atoms. The number of carboxylic acids is 1. The van der Waals surface area contributed by atoms with Crippen molar-refractivity contribution in [1.29, 1.82) is 0 Å². The second-order valence-electron chi connectivity index (χ2n) is 4.04. The topological polar surface area (TPSA) is 37.3 Å². The lowest BCUT2D eigenvalue weighted by molar-refractivity contribution is -0.142. The van der Waals surface area contributed by atoms with Gasteiger partial charge in [0.25, 0.3) is 0 Å². The summed E-state index contributed by atoms with van der Waals surface area (Å²) < 4.78 is 13.0. The van der Waals surface area contributed by atoms with Gasteiger partial charge in [0.05, 0.1) is 5.92 Å². The molecule has 0 radical (unpaired) electrons. The highest BCUT2D eigenvalue weighted by atomic mass is 35.5. The van der Waals surface area contributed by atoms with Gasteiger partial charge in [0.2, 0.25) is 0 Å². The van der Waals surface area contributed by atoms with Gasteiger partial charge in [0, 0.05) is 5.02 Å². The van der Waals surface area contributed by atoms with E-state index >= 15 is 0 Å². The van der Waals surface area contributed by atoms with E-state index in [0.29, 0.717) is 17.0 Å². The van der Waals surface area contributed by atoms with Crippen molar-refractivity contribution in [2.75, 3.05) is 0 Å². The van der Waals surface area contributed by atoms with Crippen molar-refractivity contribution >= 4 is 17.6 Å². The van der Waals surface area contributed by atoms with Crippen LogP contribution in [0.15, 0.2) is 18.2 Å². The molecule has 0 saturated carbocycles. The van der Waals surface area contributed by atoms with E-state index in [0.717, 1.165) is 0 Å². The molecule has 2 nitrogen and oxygen atoms in total. The van der Waals surface area contributed by atoms with Crippen LogP contribution in [-0.2, 0) is 11.2 Å². The van der Waals surface area contributed by atoms with Crippen molar-refractivity contribution in [1.82, 2.24) is 0 Å². The lowest BCUT2D eigenvalue weighted by Crippen LogP contribution is -2.20. The van der Waals surface area contributed by atoms with Crippen LogP contribution in [0.25, 0.3) is 0 Å². The highest BCUT2D eigenvalue weighted by Crippen LogP contribution is 2.23. The largest absolute Gasteiger partial charge is 0.481 e. The summed E-state index contributed by atoms with van der Waals surface area (Å²) in [5, 5.41) is 9.32. The van der Waals surface area contributed by atoms with E-state index in [4.69, 9.17) is 16.7 Å². The second-order valence-corrected chi connectivity index (χ2v) is 4.45. The number of carbonyl (C=O) groups is 1. The van der Waals surface area contributed by atoms with Crippen molar-refractivity contribution in [3.63, 3.8) is 0 Å². The molecule has 0 aromatic heterocycles. The lowest BCUT2D eigenvalue weighted by Gasteiger charge is -2.16. The van der Waals surface area contributed by atoms with E-state index in [1.165, 1.54) is 18.2 Å². The first-order chi connectivity index (χ1) is 7.41. The van der Waals surface area contributed by atoms with Gasteiger partial charge in [0.15, 0.2) is 0 Å². The summed E-state index contributed by atoms with van der Waals surface area (Å²) in [6.07, 6.45) is 0.462. The number of carboxylic acid groups (broad SMARTS) is 1. The Morgan fingerprint density at radius 3 is 2.69 bits per heavy atom. The number of hydrogen-bond acceptors (Lipinski definition) is 1. The molecule has 1 rings (SSSR count). The maximum atomic E-state index is 13.0. The average Bonchev–Trinajstić information content (AvgIpc) is 2.22. The van der Waals surface area contributed by atoms with Crippen molar-refractivity contribution in [3.8, 4) is 0 Å². The van der Waals surface area contributed by atoms with Gasteiger partial charge in [-0.05, 0) is 36.1 Å². The second kappa shape index (κ2) is 5.30. The molecule has 1 N–H and O–H groups in total. The van der Waals surface area contributed by atoms with E-state index < -0.39 is 11.9 Å². The molecule has 1 aromatic carbocycles. The Bertz CT molecular complexity index is 393. The van der Waals surface area contributed by atoms with Crippen LogP contribution in [-0.4, -0.2) is 11.1 Å². The molecule has 0 fully saturated rings. The van der Waals surface area contributed by atoms with Crippen molar-refractivity contribution in [3.05, 3.63) is 34.6 Å². The highest BCUT2D eigenvalue weighted by molar-refractivity contribution is 6.31. The van der Waals surface area contributed by atoms with Crippen LogP contribution < -0.4 is 0 Å². The first-order valence-electron chi connectivity index (χ1n) is 5.08. The third-order valence-electron chi connectivity index (χ3n) is 2.79. The van der Waals surface area contributed by atoms with Gasteiger partial charge >= 0.3 is 5.97 Å². The quantitative estimate of drug-likeness (QED) is 0.882. The maximum Gasteiger partial charge on any atom is 0.306 e. The summed E-state index contributed by atoms with van der Waals surface area (Å²) in [5.74, 6) is -1.76. The Morgan fingerprint density at radius 2 is 2.12 bits per heavy atom. The minimum atomic E-state index is -0.847. The van der Waals surface area contributed by atoms with Gasteiger partial charge in [-0.1, -0.05) is 25.4 Å². The number of halogens is 2. The summed E-state index contributed by atoms with van der Waals surface area (Å²) in [6, 6.07) is 4.13. The van der Waals surface area contributed by atoms with E-state index in [1.54, 1.807) is 6.92 Å². The van der Waals surface area contributed by atoms with Crippen LogP contribution in [0, 0.1) is 17.7 Å². The molecule has 88 valence electrons. The van der Waals surface area contributed by atoms with Gasteiger partial charge in [-0.25, -0.2) is 4.39 Å². The van der Waals surface area contributed by atoms with Gasteiger partial charge in [-0.3, -0.25) is 4.79 Å². The number of rotatable bonds is 4. The zero-order valence-electron chi connectivity index (χ0n) is 9.21. The van der Waals surface area contributed by atoms with Crippen molar-refractivity contribution in [2.24, 2.45) is 11.8 Å². The summed E-state index contributed by atoms with van der Waals surface area (Å²) in [5.41, 5.74) is 0.655. The molecule has 0 aliphatic rings. The summed E-state index contributed by atoms with van der Waals surface area (Å²) >= 11 is 5.91. The predicted octanol–water partition coefficient (Wildman–Crippen LogP) is 3.38. The predicted molar refractivity (Wildman–Crippen MR) is 61.1 cm³/mol. The zero-order chi connectivity index (χ0) is 12.3. The van der Waals surface area contributed by atoms with Crippen LogP contribution in [0.3, 0.4) is 0 Å². The normalized spacial score (nSPS) is 14.5. The van der Waals surface area contributed by atoms with E-state index in [9.17, 15) is 9.18 Å². The molecule has 0 saturated heterocycles. The number of benzene rings is 1. The smallest absolute Gasteiger partial charge is 0.306 e. The molecule has 0 aliphatic heterocycles. The fourth-order valence-corrected chi connectivity index (χ4v) is 1.66. The van der Waals surface area contributed by atoms with Crippen LogP contribution in [0.5, 0.6) is 0 Å². The van der Waals surface area contributed by atoms with Crippen LogP contribution in [0.4, 0.5) is 4.39 Å².